The third kappa shape index (κ3) is 3.14. The van der Waals surface area contributed by atoms with E-state index in [1.54, 1.807) is 7.11 Å². The van der Waals surface area contributed by atoms with E-state index in [0.717, 1.165) is 5.69 Å². The van der Waals surface area contributed by atoms with Gasteiger partial charge in [-0.25, -0.2) is 4.98 Å². The number of methoxy groups -OCH3 is 1. The molecule has 68 valence electrons. The summed E-state index contributed by atoms with van der Waals surface area (Å²) >= 11 is 0. The van der Waals surface area contributed by atoms with E-state index < -0.39 is 0 Å². The molecule has 0 bridgehead atoms. The minimum atomic E-state index is 0.554. The Hall–Kier alpha value is -1.53. The van der Waals surface area contributed by atoms with Crippen LogP contribution in [0.3, 0.4) is 0 Å². The maximum Gasteiger partial charge on any atom is 0.213 e. The van der Waals surface area contributed by atoms with Crippen LogP contribution in [0, 0.1) is 12.3 Å². The van der Waals surface area contributed by atoms with Gasteiger partial charge >= 0.3 is 0 Å². The summed E-state index contributed by atoms with van der Waals surface area (Å²) in [7, 11) is 1.60. The Bertz CT molecular complexity index is 304. The number of aromatic nitrogens is 1. The molecule has 0 saturated carbocycles. The van der Waals surface area contributed by atoms with Crippen LogP contribution in [0.2, 0.25) is 0 Å². The van der Waals surface area contributed by atoms with Gasteiger partial charge in [0.1, 0.15) is 0 Å². The first-order valence-corrected chi connectivity index (χ1v) is 4.01. The van der Waals surface area contributed by atoms with E-state index in [1.165, 1.54) is 0 Å². The number of terminal acetylenes is 1. The largest absolute Gasteiger partial charge is 0.481 e. The fourth-order valence-electron chi connectivity index (χ4n) is 0.932. The van der Waals surface area contributed by atoms with Crippen LogP contribution in [0.25, 0.3) is 0 Å². The van der Waals surface area contributed by atoms with Crippen LogP contribution >= 0.6 is 0 Å². The van der Waals surface area contributed by atoms with E-state index >= 15 is 0 Å². The standard InChI is InChI=1S/C10H12N2O/c1-3-7-11-8-9-5-4-6-10(12-9)13-2/h1,4-6,11H,7-8H2,2H3. The topological polar surface area (TPSA) is 34.1 Å². The number of rotatable bonds is 4. The van der Waals surface area contributed by atoms with Crippen molar-refractivity contribution < 1.29 is 4.74 Å². The first-order valence-electron chi connectivity index (χ1n) is 4.01. The van der Waals surface area contributed by atoms with Gasteiger partial charge in [-0.1, -0.05) is 12.0 Å². The fourth-order valence-corrected chi connectivity index (χ4v) is 0.932. The SMILES string of the molecule is C#CCNCc1cccc(OC)n1. The number of pyridine rings is 1. The zero-order chi connectivity index (χ0) is 9.52. The van der Waals surface area contributed by atoms with Crippen molar-refractivity contribution in [3.05, 3.63) is 23.9 Å². The molecule has 0 spiro atoms. The number of nitrogens with zero attached hydrogens (tertiary/aromatic N) is 1. The van der Waals surface area contributed by atoms with E-state index in [0.29, 0.717) is 19.0 Å². The minimum Gasteiger partial charge on any atom is -0.481 e. The molecule has 1 aromatic heterocycles. The number of ether oxygens (including phenoxy) is 1. The van der Waals surface area contributed by atoms with Crippen molar-refractivity contribution >= 4 is 0 Å². The van der Waals surface area contributed by atoms with Crippen molar-refractivity contribution in [2.75, 3.05) is 13.7 Å². The molecule has 3 heteroatoms. The molecule has 1 heterocycles. The van der Waals surface area contributed by atoms with E-state index in [-0.39, 0.29) is 0 Å². The summed E-state index contributed by atoms with van der Waals surface area (Å²) in [5.74, 6) is 3.12. The monoisotopic (exact) mass is 176 g/mol. The normalized spacial score (nSPS) is 9.23. The van der Waals surface area contributed by atoms with Gasteiger partial charge in [0, 0.05) is 12.6 Å². The van der Waals surface area contributed by atoms with Gasteiger partial charge in [-0.05, 0) is 6.07 Å². The Balaban J connectivity index is 2.52. The molecule has 0 unspecified atom stereocenters. The predicted molar refractivity (Wildman–Crippen MR) is 51.3 cm³/mol. The molecular formula is C10H12N2O. The van der Waals surface area contributed by atoms with Gasteiger partial charge in [0.05, 0.1) is 19.3 Å². The molecule has 1 N–H and O–H groups in total. The molecule has 0 radical (unpaired) electrons. The Morgan fingerprint density at radius 3 is 3.15 bits per heavy atom. The summed E-state index contributed by atoms with van der Waals surface area (Å²) in [5, 5.41) is 3.05. The van der Waals surface area contributed by atoms with Crippen LogP contribution in [-0.2, 0) is 6.54 Å². The van der Waals surface area contributed by atoms with Crippen LogP contribution in [0.1, 0.15) is 5.69 Å². The molecule has 1 aromatic rings. The Morgan fingerprint density at radius 1 is 1.62 bits per heavy atom. The van der Waals surface area contributed by atoms with E-state index in [4.69, 9.17) is 11.2 Å². The summed E-state index contributed by atoms with van der Waals surface area (Å²) in [6, 6.07) is 5.63. The van der Waals surface area contributed by atoms with Crippen LogP contribution in [0.4, 0.5) is 0 Å². The van der Waals surface area contributed by atoms with E-state index in [9.17, 15) is 0 Å². The molecule has 0 atom stereocenters. The van der Waals surface area contributed by atoms with Crippen LogP contribution in [0.15, 0.2) is 18.2 Å². The van der Waals surface area contributed by atoms with Gasteiger partial charge in [0.25, 0.3) is 0 Å². The lowest BCUT2D eigenvalue weighted by molar-refractivity contribution is 0.396. The maximum absolute atomic E-state index is 5.09. The predicted octanol–water partition coefficient (Wildman–Crippen LogP) is 0.813. The molecular weight excluding hydrogens is 164 g/mol. The summed E-state index contributed by atoms with van der Waals surface area (Å²) in [6.07, 6.45) is 5.09. The third-order valence-corrected chi connectivity index (χ3v) is 1.52. The van der Waals surface area contributed by atoms with Crippen molar-refractivity contribution in [2.24, 2.45) is 0 Å². The van der Waals surface area contributed by atoms with Gasteiger partial charge in [0.15, 0.2) is 0 Å². The molecule has 0 aliphatic carbocycles. The molecule has 0 saturated heterocycles. The molecule has 0 amide bonds. The lowest BCUT2D eigenvalue weighted by Gasteiger charge is -2.02. The van der Waals surface area contributed by atoms with E-state index in [2.05, 4.69) is 16.2 Å². The zero-order valence-electron chi connectivity index (χ0n) is 7.58. The van der Waals surface area contributed by atoms with Crippen LogP contribution < -0.4 is 10.1 Å². The molecule has 3 nitrogen and oxygen atoms in total. The Morgan fingerprint density at radius 2 is 2.46 bits per heavy atom. The smallest absolute Gasteiger partial charge is 0.213 e. The highest BCUT2D eigenvalue weighted by atomic mass is 16.5. The molecule has 0 fully saturated rings. The summed E-state index contributed by atoms with van der Waals surface area (Å²) in [6.45, 7) is 1.22. The fraction of sp³-hybridized carbons (Fsp3) is 0.300. The number of nitrogens with one attached hydrogen (secondary N) is 1. The summed E-state index contributed by atoms with van der Waals surface area (Å²) < 4.78 is 4.98. The molecule has 0 aliphatic rings. The molecule has 0 aromatic carbocycles. The van der Waals surface area contributed by atoms with Gasteiger partial charge in [-0.3, -0.25) is 0 Å². The third-order valence-electron chi connectivity index (χ3n) is 1.52. The Kier molecular flexibility index (Phi) is 3.80. The van der Waals surface area contributed by atoms with E-state index in [1.807, 2.05) is 18.2 Å². The second-order valence-corrected chi connectivity index (χ2v) is 2.48. The zero-order valence-corrected chi connectivity index (χ0v) is 7.58. The molecule has 1 rings (SSSR count). The number of hydrogen-bond donors (Lipinski definition) is 1. The van der Waals surface area contributed by atoms with Gasteiger partial charge in [-0.15, -0.1) is 6.42 Å². The second kappa shape index (κ2) is 5.18. The van der Waals surface area contributed by atoms with Crippen molar-refractivity contribution in [3.63, 3.8) is 0 Å². The van der Waals surface area contributed by atoms with Crippen molar-refractivity contribution in [1.29, 1.82) is 0 Å². The number of hydrogen-bond acceptors (Lipinski definition) is 3. The first-order chi connectivity index (χ1) is 6.36. The van der Waals surface area contributed by atoms with Gasteiger partial charge in [0.2, 0.25) is 5.88 Å². The van der Waals surface area contributed by atoms with Crippen molar-refractivity contribution in [1.82, 2.24) is 10.3 Å². The first kappa shape index (κ1) is 9.56. The Labute approximate surface area is 78.1 Å². The lowest BCUT2D eigenvalue weighted by Crippen LogP contribution is -2.14. The highest BCUT2D eigenvalue weighted by Gasteiger charge is 1.95. The second-order valence-electron chi connectivity index (χ2n) is 2.48. The average molecular weight is 176 g/mol. The summed E-state index contributed by atoms with van der Waals surface area (Å²) in [5.41, 5.74) is 0.926. The molecule has 13 heavy (non-hydrogen) atoms. The summed E-state index contributed by atoms with van der Waals surface area (Å²) in [4.78, 5) is 4.21. The van der Waals surface area contributed by atoms with Crippen LogP contribution in [0.5, 0.6) is 5.88 Å². The highest BCUT2D eigenvalue weighted by Crippen LogP contribution is 2.05. The van der Waals surface area contributed by atoms with Gasteiger partial charge < -0.3 is 10.1 Å². The van der Waals surface area contributed by atoms with Crippen molar-refractivity contribution in [2.45, 2.75) is 6.54 Å². The lowest BCUT2D eigenvalue weighted by atomic mass is 10.3. The average Bonchev–Trinajstić information content (AvgIpc) is 2.19. The van der Waals surface area contributed by atoms with Gasteiger partial charge in [-0.2, -0.15) is 0 Å². The van der Waals surface area contributed by atoms with Crippen LogP contribution in [-0.4, -0.2) is 18.6 Å². The quantitative estimate of drug-likeness (QED) is 0.544. The molecule has 0 aliphatic heterocycles. The maximum atomic E-state index is 5.09. The van der Waals surface area contributed by atoms with Crippen molar-refractivity contribution in [3.8, 4) is 18.2 Å². The minimum absolute atomic E-state index is 0.554. The highest BCUT2D eigenvalue weighted by molar-refractivity contribution is 5.15.